The van der Waals surface area contributed by atoms with E-state index in [4.69, 9.17) is 0 Å². The van der Waals surface area contributed by atoms with Crippen molar-refractivity contribution in [1.29, 1.82) is 0 Å². The molecule has 1 aliphatic heterocycles. The van der Waals surface area contributed by atoms with Crippen LogP contribution in [0.2, 0.25) is 0 Å². The lowest BCUT2D eigenvalue weighted by atomic mass is 9.95. The van der Waals surface area contributed by atoms with Crippen molar-refractivity contribution in [3.63, 3.8) is 0 Å². The molecule has 2 heterocycles. The number of sulfone groups is 1. The van der Waals surface area contributed by atoms with Gasteiger partial charge >= 0.3 is 12.8 Å². The zero-order valence-electron chi connectivity index (χ0n) is 23.7. The number of carbonyl (C=O) groups is 1. The summed E-state index contributed by atoms with van der Waals surface area (Å²) in [6.45, 7) is -1.76. The second-order valence-electron chi connectivity index (χ2n) is 10.4. The summed E-state index contributed by atoms with van der Waals surface area (Å²) in [6.07, 6.45) is -2.66. The second kappa shape index (κ2) is 14.0. The van der Waals surface area contributed by atoms with Gasteiger partial charge in [0.1, 0.15) is 5.82 Å². The number of hydrogen-bond acceptors (Lipinski definition) is 7. The number of alkyl halides is 5. The third-order valence-electron chi connectivity index (χ3n) is 7.59. The van der Waals surface area contributed by atoms with E-state index in [-0.39, 0.29) is 48.3 Å². The average molecular weight is 642 g/mol. The number of anilines is 1. The van der Waals surface area contributed by atoms with Crippen LogP contribution in [0.15, 0.2) is 71.8 Å². The zero-order valence-corrected chi connectivity index (χ0v) is 24.5. The van der Waals surface area contributed by atoms with Gasteiger partial charge in [-0.1, -0.05) is 31.2 Å². The van der Waals surface area contributed by atoms with Gasteiger partial charge in [0.05, 0.1) is 40.5 Å². The van der Waals surface area contributed by atoms with Crippen molar-refractivity contribution in [1.82, 2.24) is 10.3 Å². The number of nitrogens with zero attached hydrogens (tertiary/aromatic N) is 2. The van der Waals surface area contributed by atoms with Gasteiger partial charge in [0, 0.05) is 25.3 Å². The quantitative estimate of drug-likeness (QED) is 0.257. The van der Waals surface area contributed by atoms with E-state index in [0.717, 1.165) is 12.1 Å². The van der Waals surface area contributed by atoms with E-state index >= 15 is 0 Å². The van der Waals surface area contributed by atoms with Gasteiger partial charge in [0.15, 0.2) is 9.84 Å². The van der Waals surface area contributed by atoms with Crippen molar-refractivity contribution >= 4 is 21.6 Å². The molecule has 3 aromatic rings. The molecule has 0 unspecified atom stereocenters. The van der Waals surface area contributed by atoms with E-state index < -0.39 is 46.2 Å². The van der Waals surface area contributed by atoms with Gasteiger partial charge < -0.3 is 20.1 Å². The molecule has 1 saturated heterocycles. The van der Waals surface area contributed by atoms with E-state index in [0.29, 0.717) is 23.4 Å². The number of hydrogen-bond donors (Lipinski definition) is 2. The number of amides is 1. The second-order valence-corrected chi connectivity index (χ2v) is 12.6. The molecule has 1 aliphatic rings. The van der Waals surface area contributed by atoms with Crippen molar-refractivity contribution < 1.29 is 45.0 Å². The highest BCUT2D eigenvalue weighted by molar-refractivity contribution is 7.91. The first kappa shape index (κ1) is 33.3. The number of benzene rings is 2. The van der Waals surface area contributed by atoms with Crippen molar-refractivity contribution in [3.05, 3.63) is 89.1 Å². The Morgan fingerprint density at radius 2 is 1.77 bits per heavy atom. The summed E-state index contributed by atoms with van der Waals surface area (Å²) < 4.78 is 93.5. The molecule has 0 aliphatic carbocycles. The maximum absolute atomic E-state index is 13.1. The molecule has 0 spiro atoms. The molecule has 2 N–H and O–H groups in total. The molecule has 1 fully saturated rings. The van der Waals surface area contributed by atoms with Crippen LogP contribution in [0.5, 0.6) is 0 Å². The number of halogens is 5. The molecule has 3 atom stereocenters. The van der Waals surface area contributed by atoms with Crippen LogP contribution in [-0.2, 0) is 20.8 Å². The number of aliphatic hydroxyl groups excluding tert-OH is 1. The smallest absolute Gasteiger partial charge is 0.396 e. The summed E-state index contributed by atoms with van der Waals surface area (Å²) >= 11 is 0. The Kier molecular flexibility index (Phi) is 10.6. The lowest BCUT2D eigenvalue weighted by molar-refractivity contribution is -0.137. The standard InChI is InChI=1S/C30H32F5N3O5S/c1-2-44(41,42)25-10-5-20(6-11-25)26(13-14-39)37-28(40)21-7-12-27(36-16-21)38-17-22(15-24(38)18-43-29(31)32)19-3-8-23(9-4-19)30(33,34)35/h3-12,16,22,24,26,29,39H,2,13-15,17-18H2,1H3,(H,37,40)/t22-,24+,26+/m1/s1. The largest absolute Gasteiger partial charge is 0.416 e. The first-order valence-corrected chi connectivity index (χ1v) is 15.5. The number of ether oxygens (including phenoxy) is 1. The fourth-order valence-corrected chi connectivity index (χ4v) is 6.07. The third-order valence-corrected chi connectivity index (χ3v) is 9.34. The van der Waals surface area contributed by atoms with E-state index in [2.05, 4.69) is 15.0 Å². The minimum absolute atomic E-state index is 0.0563. The molecule has 4 rings (SSSR count). The molecule has 2 aromatic carbocycles. The number of aliphatic hydroxyl groups is 1. The molecule has 0 saturated carbocycles. The summed E-state index contributed by atoms with van der Waals surface area (Å²) in [5.41, 5.74) is 0.613. The van der Waals surface area contributed by atoms with Gasteiger partial charge in [-0.25, -0.2) is 13.4 Å². The fourth-order valence-electron chi connectivity index (χ4n) is 5.18. The fraction of sp³-hybridized carbons (Fsp3) is 0.400. The highest BCUT2D eigenvalue weighted by Crippen LogP contribution is 2.37. The molecule has 0 bridgehead atoms. The van der Waals surface area contributed by atoms with Gasteiger partial charge in [-0.2, -0.15) is 22.0 Å². The lowest BCUT2D eigenvalue weighted by Crippen LogP contribution is -2.34. The van der Waals surface area contributed by atoms with E-state index in [9.17, 15) is 40.3 Å². The highest BCUT2D eigenvalue weighted by atomic mass is 32.2. The summed E-state index contributed by atoms with van der Waals surface area (Å²) in [5.74, 6) is -0.460. The SMILES string of the molecule is CCS(=O)(=O)c1ccc([C@H](CCO)NC(=O)c2ccc(N3C[C@H](c4ccc(C(F)(F)F)cc4)C[C@H]3COC(F)F)nc2)cc1. The monoisotopic (exact) mass is 641 g/mol. The summed E-state index contributed by atoms with van der Waals surface area (Å²) in [6, 6.07) is 12.7. The number of rotatable bonds is 12. The lowest BCUT2D eigenvalue weighted by Gasteiger charge is -2.25. The average Bonchev–Trinajstić information content (AvgIpc) is 3.44. The molecular weight excluding hydrogens is 609 g/mol. The molecular formula is C30H32F5N3O5S. The highest BCUT2D eigenvalue weighted by Gasteiger charge is 2.36. The minimum atomic E-state index is -4.48. The first-order valence-electron chi connectivity index (χ1n) is 13.9. The molecule has 44 heavy (non-hydrogen) atoms. The van der Waals surface area contributed by atoms with Gasteiger partial charge in [-0.15, -0.1) is 0 Å². The normalized spacial score (nSPS) is 18.0. The summed E-state index contributed by atoms with van der Waals surface area (Å²) in [4.78, 5) is 19.3. The predicted octanol–water partition coefficient (Wildman–Crippen LogP) is 5.35. The van der Waals surface area contributed by atoms with Crippen LogP contribution in [0, 0.1) is 0 Å². The van der Waals surface area contributed by atoms with E-state index in [1.54, 1.807) is 23.1 Å². The third kappa shape index (κ3) is 8.10. The van der Waals surface area contributed by atoms with Crippen molar-refractivity contribution in [2.75, 3.05) is 30.4 Å². The van der Waals surface area contributed by atoms with Gasteiger partial charge in [-0.05, 0) is 60.4 Å². The molecule has 14 heteroatoms. The van der Waals surface area contributed by atoms with Crippen LogP contribution in [0.1, 0.15) is 58.8 Å². The Morgan fingerprint density at radius 3 is 2.32 bits per heavy atom. The predicted molar refractivity (Wildman–Crippen MR) is 152 cm³/mol. The topological polar surface area (TPSA) is 109 Å². The van der Waals surface area contributed by atoms with Crippen LogP contribution in [-0.4, -0.2) is 62.6 Å². The Hall–Kier alpha value is -3.62. The Morgan fingerprint density at radius 1 is 1.09 bits per heavy atom. The molecule has 1 amide bonds. The van der Waals surface area contributed by atoms with E-state index in [1.807, 2.05) is 0 Å². The number of carbonyl (C=O) groups excluding carboxylic acids is 1. The molecule has 0 radical (unpaired) electrons. The Bertz CT molecular complexity index is 1500. The number of pyridine rings is 1. The Balaban J connectivity index is 1.49. The van der Waals surface area contributed by atoms with Crippen LogP contribution in [0.25, 0.3) is 0 Å². The van der Waals surface area contributed by atoms with Crippen molar-refractivity contribution in [2.24, 2.45) is 0 Å². The Labute approximate surface area is 251 Å². The van der Waals surface area contributed by atoms with Crippen LogP contribution in [0.3, 0.4) is 0 Å². The maximum atomic E-state index is 13.1. The van der Waals surface area contributed by atoms with Crippen LogP contribution >= 0.6 is 0 Å². The van der Waals surface area contributed by atoms with Crippen molar-refractivity contribution in [3.8, 4) is 0 Å². The molecule has 1 aromatic heterocycles. The van der Waals surface area contributed by atoms with Gasteiger partial charge in [0.25, 0.3) is 5.91 Å². The molecule has 238 valence electrons. The van der Waals surface area contributed by atoms with Crippen molar-refractivity contribution in [2.45, 2.75) is 55.5 Å². The maximum Gasteiger partial charge on any atom is 0.416 e. The zero-order chi connectivity index (χ0) is 32.1. The van der Waals surface area contributed by atoms with Crippen LogP contribution < -0.4 is 10.2 Å². The minimum Gasteiger partial charge on any atom is -0.396 e. The summed E-state index contributed by atoms with van der Waals surface area (Å²) in [7, 11) is -3.40. The number of nitrogens with one attached hydrogen (secondary N) is 1. The summed E-state index contributed by atoms with van der Waals surface area (Å²) in [5, 5.41) is 12.4. The number of aromatic nitrogens is 1. The van der Waals surface area contributed by atoms with Crippen LogP contribution in [0.4, 0.5) is 27.8 Å². The van der Waals surface area contributed by atoms with E-state index in [1.165, 1.54) is 43.5 Å². The van der Waals surface area contributed by atoms with Gasteiger partial charge in [-0.3, -0.25) is 4.79 Å². The first-order chi connectivity index (χ1) is 20.8. The molecule has 8 nitrogen and oxygen atoms in total. The van der Waals surface area contributed by atoms with Gasteiger partial charge in [0.2, 0.25) is 0 Å².